The fourth-order valence-electron chi connectivity index (χ4n) is 8.25. The summed E-state index contributed by atoms with van der Waals surface area (Å²) < 4.78 is 32.0. The number of hydrogen-bond donors (Lipinski definition) is 4. The van der Waals surface area contributed by atoms with Crippen LogP contribution >= 0.6 is 0 Å². The van der Waals surface area contributed by atoms with E-state index >= 15 is 0 Å². The van der Waals surface area contributed by atoms with Gasteiger partial charge in [-0.3, -0.25) is 9.59 Å². The van der Waals surface area contributed by atoms with Crippen molar-refractivity contribution in [2.75, 3.05) is 34.0 Å². The fourth-order valence-corrected chi connectivity index (χ4v) is 8.25. The molecular weight excluding hydrogens is 853 g/mol. The minimum Gasteiger partial charge on any atom is -0.497 e. The first-order valence-corrected chi connectivity index (χ1v) is 25.1. The molecule has 2 aliphatic heterocycles. The molecule has 4 rings (SSSR count). The molecule has 6 atom stereocenters. The van der Waals surface area contributed by atoms with Gasteiger partial charge in [0.1, 0.15) is 42.3 Å². The van der Waals surface area contributed by atoms with Gasteiger partial charge in [-0.25, -0.2) is 0 Å². The zero-order valence-corrected chi connectivity index (χ0v) is 41.4. The van der Waals surface area contributed by atoms with Crippen LogP contribution in [0, 0.1) is 12.3 Å². The summed E-state index contributed by atoms with van der Waals surface area (Å²) in [5.41, 5.74) is 2.25. The fraction of sp³-hybridized carbons (Fsp3) is 0.673. The molecule has 12 heteroatoms. The second-order valence-electron chi connectivity index (χ2n) is 17.9. The number of carbonyl (C=O) groups is 2. The average Bonchev–Trinajstić information content (AvgIpc) is 3.69. The van der Waals surface area contributed by atoms with Gasteiger partial charge in [-0.15, -0.1) is 18.9 Å². The van der Waals surface area contributed by atoms with E-state index in [0.29, 0.717) is 19.4 Å². The smallest absolute Gasteiger partial charge is 0.302 e. The van der Waals surface area contributed by atoms with Crippen LogP contribution in [0.5, 0.6) is 23.0 Å². The lowest BCUT2D eigenvalue weighted by Crippen LogP contribution is -2.23. The molecule has 378 valence electrons. The van der Waals surface area contributed by atoms with Gasteiger partial charge in [-0.05, 0) is 50.3 Å². The lowest BCUT2D eigenvalue weighted by Gasteiger charge is -2.28. The Morgan fingerprint density at radius 3 is 1.54 bits per heavy atom. The molecule has 2 heterocycles. The number of ether oxygens (including phenoxy) is 6. The highest BCUT2D eigenvalue weighted by Crippen LogP contribution is 2.52. The number of methoxy groups -OCH3 is 2. The molecular formula is C55H86O12. The van der Waals surface area contributed by atoms with Crippen LogP contribution in [0.2, 0.25) is 0 Å². The van der Waals surface area contributed by atoms with Crippen LogP contribution in [0.25, 0.3) is 0 Å². The standard InChI is InChI=1S/C19H36O4.C19H34O4.C17H16O4/c2*1-3-4-5-6-7-8-9-10-11-12-13-14-18(21)15-19(22)16-23-17(2)20;1-18-10-4-6-13-15(7-10)20-9-14-12-5-3-11(19-2)8-16(12)21-17(13)14/h3,18-19,21-22H,1,4-16H2,2H3;1,18-19,21-22H,4-16H2,2H3;3-8,14,17H,9H2,1-2H3. The van der Waals surface area contributed by atoms with Crippen molar-refractivity contribution in [3.8, 4) is 35.3 Å². The van der Waals surface area contributed by atoms with Gasteiger partial charge in [-0.2, -0.15) is 0 Å². The third kappa shape index (κ3) is 26.7. The summed E-state index contributed by atoms with van der Waals surface area (Å²) in [6.45, 7) is 6.90. The van der Waals surface area contributed by atoms with Gasteiger partial charge >= 0.3 is 11.9 Å². The molecule has 2 aromatic carbocycles. The zero-order chi connectivity index (χ0) is 49.1. The third-order valence-electron chi connectivity index (χ3n) is 12.0. The van der Waals surface area contributed by atoms with Crippen molar-refractivity contribution < 1.29 is 58.4 Å². The van der Waals surface area contributed by atoms with Crippen LogP contribution in [-0.4, -0.2) is 90.8 Å². The predicted molar refractivity (Wildman–Crippen MR) is 265 cm³/mol. The Kier molecular flexibility index (Phi) is 32.3. The molecule has 67 heavy (non-hydrogen) atoms. The number of aliphatic hydroxyl groups is 4. The molecule has 4 N–H and O–H groups in total. The summed E-state index contributed by atoms with van der Waals surface area (Å²) in [5, 5.41) is 38.8. The SMILES string of the molecule is C#CCCCCCCCCCCCC(O)CC(O)COC(C)=O.C=CCCCCCCCCCCCC(O)CC(O)COC(C)=O.COc1ccc2c(c1)OC1c3ccc(OC)cc3OCC21. The molecule has 6 unspecified atom stereocenters. The Balaban J connectivity index is 0.000000345. The maximum atomic E-state index is 10.6. The van der Waals surface area contributed by atoms with E-state index in [0.717, 1.165) is 73.5 Å². The van der Waals surface area contributed by atoms with E-state index in [2.05, 4.69) is 18.6 Å². The average molecular weight is 939 g/mol. The van der Waals surface area contributed by atoms with Gasteiger partial charge in [0.2, 0.25) is 0 Å². The second kappa shape index (κ2) is 36.7. The number of unbranched alkanes of at least 4 members (excludes halogenated alkanes) is 18. The number of allylic oxidation sites excluding steroid dienone is 1. The zero-order valence-electron chi connectivity index (χ0n) is 41.4. The Labute approximate surface area is 403 Å². The van der Waals surface area contributed by atoms with E-state index in [1.807, 2.05) is 36.4 Å². The molecule has 2 aromatic rings. The van der Waals surface area contributed by atoms with Gasteiger partial charge in [-0.1, -0.05) is 115 Å². The number of hydrogen-bond acceptors (Lipinski definition) is 12. The minimum absolute atomic E-state index is 0.00163. The van der Waals surface area contributed by atoms with Crippen molar-refractivity contribution in [3.05, 3.63) is 60.2 Å². The van der Waals surface area contributed by atoms with Gasteiger partial charge in [0.15, 0.2) is 0 Å². The Morgan fingerprint density at radius 2 is 1.09 bits per heavy atom. The number of benzene rings is 2. The number of rotatable bonds is 33. The maximum Gasteiger partial charge on any atom is 0.302 e. The van der Waals surface area contributed by atoms with Gasteiger partial charge in [0.25, 0.3) is 0 Å². The quantitative estimate of drug-likeness (QED) is 0.0231. The summed E-state index contributed by atoms with van der Waals surface area (Å²) in [7, 11) is 3.32. The number of carbonyl (C=O) groups excluding carboxylic acids is 2. The summed E-state index contributed by atoms with van der Waals surface area (Å²) in [6, 6.07) is 11.9. The summed E-state index contributed by atoms with van der Waals surface area (Å²) in [4.78, 5) is 21.2. The van der Waals surface area contributed by atoms with Gasteiger partial charge in [0.05, 0.1) is 51.2 Å². The van der Waals surface area contributed by atoms with Crippen LogP contribution in [0.1, 0.15) is 191 Å². The highest BCUT2D eigenvalue weighted by Gasteiger charge is 2.41. The van der Waals surface area contributed by atoms with Gasteiger partial charge < -0.3 is 48.8 Å². The molecule has 0 saturated heterocycles. The third-order valence-corrected chi connectivity index (χ3v) is 12.0. The molecule has 2 aliphatic rings. The van der Waals surface area contributed by atoms with Crippen LogP contribution in [-0.2, 0) is 19.1 Å². The van der Waals surface area contributed by atoms with Crippen LogP contribution in [0.4, 0.5) is 0 Å². The first kappa shape index (κ1) is 58.8. The Bertz CT molecular complexity index is 1670. The lowest BCUT2D eigenvalue weighted by molar-refractivity contribution is -0.145. The van der Waals surface area contributed by atoms with Gasteiger partial charge in [0, 0.05) is 56.4 Å². The van der Waals surface area contributed by atoms with Crippen molar-refractivity contribution in [3.63, 3.8) is 0 Å². The number of fused-ring (bicyclic) bond motifs is 5. The summed E-state index contributed by atoms with van der Waals surface area (Å²) >= 11 is 0. The van der Waals surface area contributed by atoms with E-state index in [1.54, 1.807) is 14.2 Å². The molecule has 0 radical (unpaired) electrons. The molecule has 0 saturated carbocycles. The van der Waals surface area contributed by atoms with Crippen LogP contribution < -0.4 is 18.9 Å². The number of esters is 2. The normalized spacial score (nSPS) is 15.9. The summed E-state index contributed by atoms with van der Waals surface area (Å²) in [5.74, 6) is 5.42. The van der Waals surface area contributed by atoms with Crippen molar-refractivity contribution in [2.24, 2.45) is 0 Å². The van der Waals surface area contributed by atoms with Crippen molar-refractivity contribution in [2.45, 2.75) is 204 Å². The molecule has 0 aliphatic carbocycles. The van der Waals surface area contributed by atoms with E-state index in [4.69, 9.17) is 34.8 Å². The highest BCUT2D eigenvalue weighted by atomic mass is 16.5. The first-order chi connectivity index (χ1) is 32.4. The number of terminal acetylenes is 1. The Morgan fingerprint density at radius 1 is 0.657 bits per heavy atom. The van der Waals surface area contributed by atoms with Crippen molar-refractivity contribution in [1.82, 2.24) is 0 Å². The highest BCUT2D eigenvalue weighted by molar-refractivity contribution is 5.66. The van der Waals surface area contributed by atoms with E-state index in [-0.39, 0.29) is 38.1 Å². The molecule has 0 fully saturated rings. The Hall–Kier alpha value is -4.28. The largest absolute Gasteiger partial charge is 0.497 e. The van der Waals surface area contributed by atoms with Crippen molar-refractivity contribution in [1.29, 1.82) is 0 Å². The first-order valence-electron chi connectivity index (χ1n) is 25.1. The second-order valence-corrected chi connectivity index (χ2v) is 17.9. The van der Waals surface area contributed by atoms with Crippen LogP contribution in [0.15, 0.2) is 49.1 Å². The van der Waals surface area contributed by atoms with E-state index < -0.39 is 36.4 Å². The summed E-state index contributed by atoms with van der Waals surface area (Å²) in [6.07, 6.45) is 30.5. The van der Waals surface area contributed by atoms with E-state index in [9.17, 15) is 30.0 Å². The molecule has 12 nitrogen and oxygen atoms in total. The maximum absolute atomic E-state index is 10.6. The lowest BCUT2D eigenvalue weighted by atomic mass is 9.89. The monoisotopic (exact) mass is 939 g/mol. The minimum atomic E-state index is -0.775. The molecule has 0 amide bonds. The molecule has 0 spiro atoms. The number of aliphatic hydroxyl groups excluding tert-OH is 4. The van der Waals surface area contributed by atoms with Crippen LogP contribution in [0.3, 0.4) is 0 Å². The predicted octanol–water partition coefficient (Wildman–Crippen LogP) is 11.0. The molecule has 0 aromatic heterocycles. The van der Waals surface area contributed by atoms with E-state index in [1.165, 1.54) is 103 Å². The molecule has 0 bridgehead atoms. The topological polar surface area (TPSA) is 170 Å². The van der Waals surface area contributed by atoms with Crippen molar-refractivity contribution >= 4 is 11.9 Å².